The van der Waals surface area contributed by atoms with Crippen molar-refractivity contribution in [1.82, 2.24) is 10.6 Å². The van der Waals surface area contributed by atoms with Crippen LogP contribution < -0.4 is 10.6 Å². The molecule has 0 radical (unpaired) electrons. The van der Waals surface area contributed by atoms with Crippen LogP contribution in [0, 0.1) is 0 Å². The van der Waals surface area contributed by atoms with Gasteiger partial charge < -0.3 is 15.4 Å². The summed E-state index contributed by atoms with van der Waals surface area (Å²) in [6.07, 6.45) is 4.63. The Balaban J connectivity index is 2.25. The molecular formula is C15H30N2O. The highest BCUT2D eigenvalue weighted by molar-refractivity contribution is 5.10. The molecule has 1 spiro atoms. The Bertz CT molecular complexity index is 281. The molecule has 18 heavy (non-hydrogen) atoms. The largest absolute Gasteiger partial charge is 0.372 e. The molecule has 0 aromatic heterocycles. The van der Waals surface area contributed by atoms with Crippen LogP contribution in [0.25, 0.3) is 0 Å². The van der Waals surface area contributed by atoms with E-state index in [0.717, 1.165) is 26.0 Å². The summed E-state index contributed by atoms with van der Waals surface area (Å²) in [5.74, 6) is 0. The highest BCUT2D eigenvalue weighted by Gasteiger charge is 2.52. The van der Waals surface area contributed by atoms with E-state index in [1.54, 1.807) is 0 Å². The minimum Gasteiger partial charge on any atom is -0.372 e. The molecule has 0 saturated carbocycles. The zero-order chi connectivity index (χ0) is 13.4. The number of nitrogens with one attached hydrogen (secondary N) is 2. The molecule has 106 valence electrons. The lowest BCUT2D eigenvalue weighted by Crippen LogP contribution is -2.71. The summed E-state index contributed by atoms with van der Waals surface area (Å²) < 4.78 is 6.34. The molecule has 1 unspecified atom stereocenters. The van der Waals surface area contributed by atoms with Gasteiger partial charge in [0.05, 0.1) is 12.2 Å². The van der Waals surface area contributed by atoms with Crippen LogP contribution in [0.2, 0.25) is 0 Å². The monoisotopic (exact) mass is 254 g/mol. The molecule has 3 heteroatoms. The fourth-order valence-corrected chi connectivity index (χ4v) is 4.34. The topological polar surface area (TPSA) is 33.3 Å². The Labute approximate surface area is 112 Å². The molecule has 2 rings (SSSR count). The normalized spacial score (nSPS) is 33.5. The van der Waals surface area contributed by atoms with Gasteiger partial charge in [-0.3, -0.25) is 0 Å². The highest BCUT2D eigenvalue weighted by Crippen LogP contribution is 2.42. The molecule has 0 bridgehead atoms. The van der Waals surface area contributed by atoms with Crippen LogP contribution in [-0.4, -0.2) is 35.9 Å². The molecule has 2 heterocycles. The minimum absolute atomic E-state index is 0.0203. The summed E-state index contributed by atoms with van der Waals surface area (Å²) in [4.78, 5) is 0. The van der Waals surface area contributed by atoms with Gasteiger partial charge in [-0.05, 0) is 47.0 Å². The Kier molecular flexibility index (Phi) is 3.79. The Hall–Kier alpha value is -0.120. The molecule has 2 saturated heterocycles. The van der Waals surface area contributed by atoms with Crippen molar-refractivity contribution in [2.45, 2.75) is 83.0 Å². The van der Waals surface area contributed by atoms with Crippen molar-refractivity contribution >= 4 is 0 Å². The van der Waals surface area contributed by atoms with Crippen molar-refractivity contribution in [2.75, 3.05) is 13.2 Å². The van der Waals surface area contributed by atoms with Crippen molar-refractivity contribution in [1.29, 1.82) is 0 Å². The second kappa shape index (κ2) is 4.77. The first-order valence-electron chi connectivity index (χ1n) is 7.45. The van der Waals surface area contributed by atoms with Crippen LogP contribution in [0.4, 0.5) is 0 Å². The van der Waals surface area contributed by atoms with Crippen molar-refractivity contribution in [3.63, 3.8) is 0 Å². The summed E-state index contributed by atoms with van der Waals surface area (Å²) in [5, 5.41) is 7.46. The minimum atomic E-state index is 0.0203. The van der Waals surface area contributed by atoms with Gasteiger partial charge in [-0.2, -0.15) is 0 Å². The summed E-state index contributed by atoms with van der Waals surface area (Å²) in [6.45, 7) is 13.3. The smallest absolute Gasteiger partial charge is 0.0870 e. The van der Waals surface area contributed by atoms with Crippen LogP contribution in [0.5, 0.6) is 0 Å². The molecular weight excluding hydrogens is 224 g/mol. The number of morpholine rings is 1. The third-order valence-electron chi connectivity index (χ3n) is 4.25. The molecule has 0 aromatic carbocycles. The SMILES string of the molecule is CCCC1NCCOC12CC(C)(C)NC(C)(C)C2. The highest BCUT2D eigenvalue weighted by atomic mass is 16.5. The van der Waals surface area contributed by atoms with Crippen molar-refractivity contribution in [3.8, 4) is 0 Å². The lowest BCUT2D eigenvalue weighted by molar-refractivity contribution is -0.150. The zero-order valence-corrected chi connectivity index (χ0v) is 12.7. The van der Waals surface area contributed by atoms with E-state index in [1.165, 1.54) is 12.8 Å². The van der Waals surface area contributed by atoms with E-state index in [-0.39, 0.29) is 16.7 Å². The van der Waals surface area contributed by atoms with Crippen molar-refractivity contribution in [2.24, 2.45) is 0 Å². The van der Waals surface area contributed by atoms with E-state index >= 15 is 0 Å². The average Bonchev–Trinajstić information content (AvgIpc) is 2.17. The van der Waals surface area contributed by atoms with Gasteiger partial charge in [-0.25, -0.2) is 0 Å². The number of hydrogen-bond acceptors (Lipinski definition) is 3. The molecule has 2 N–H and O–H groups in total. The zero-order valence-electron chi connectivity index (χ0n) is 12.7. The first-order chi connectivity index (χ1) is 8.29. The molecule has 1 atom stereocenters. The molecule has 0 amide bonds. The van der Waals surface area contributed by atoms with Gasteiger partial charge in [-0.15, -0.1) is 0 Å². The van der Waals surface area contributed by atoms with Gasteiger partial charge in [0.1, 0.15) is 0 Å². The number of piperidine rings is 1. The molecule has 2 fully saturated rings. The van der Waals surface area contributed by atoms with Crippen LogP contribution in [0.3, 0.4) is 0 Å². The Morgan fingerprint density at radius 1 is 1.11 bits per heavy atom. The quantitative estimate of drug-likeness (QED) is 0.794. The molecule has 2 aliphatic rings. The third kappa shape index (κ3) is 2.89. The van der Waals surface area contributed by atoms with E-state index in [1.807, 2.05) is 0 Å². The number of rotatable bonds is 2. The molecule has 3 nitrogen and oxygen atoms in total. The van der Waals surface area contributed by atoms with Gasteiger partial charge in [-0.1, -0.05) is 13.3 Å². The third-order valence-corrected chi connectivity index (χ3v) is 4.25. The predicted octanol–water partition coefficient (Wildman–Crippen LogP) is 2.45. The lowest BCUT2D eigenvalue weighted by atomic mass is 9.68. The van der Waals surface area contributed by atoms with Gasteiger partial charge in [0, 0.05) is 23.7 Å². The van der Waals surface area contributed by atoms with Crippen molar-refractivity contribution < 1.29 is 4.74 Å². The van der Waals surface area contributed by atoms with E-state index in [9.17, 15) is 0 Å². The summed E-state index contributed by atoms with van der Waals surface area (Å²) >= 11 is 0. The van der Waals surface area contributed by atoms with Crippen LogP contribution >= 0.6 is 0 Å². The second-order valence-corrected chi connectivity index (χ2v) is 7.45. The second-order valence-electron chi connectivity index (χ2n) is 7.45. The Morgan fingerprint density at radius 3 is 2.28 bits per heavy atom. The maximum Gasteiger partial charge on any atom is 0.0870 e. The predicted molar refractivity (Wildman–Crippen MR) is 75.9 cm³/mol. The van der Waals surface area contributed by atoms with E-state index in [0.29, 0.717) is 6.04 Å². The van der Waals surface area contributed by atoms with Crippen molar-refractivity contribution in [3.05, 3.63) is 0 Å². The van der Waals surface area contributed by atoms with E-state index < -0.39 is 0 Å². The lowest BCUT2D eigenvalue weighted by Gasteiger charge is -2.57. The van der Waals surface area contributed by atoms with Crippen LogP contribution in [0.15, 0.2) is 0 Å². The molecule has 2 aliphatic heterocycles. The molecule has 0 aromatic rings. The summed E-state index contributed by atoms with van der Waals surface area (Å²) in [7, 11) is 0. The number of ether oxygens (including phenoxy) is 1. The van der Waals surface area contributed by atoms with Crippen LogP contribution in [-0.2, 0) is 4.74 Å². The first-order valence-corrected chi connectivity index (χ1v) is 7.45. The van der Waals surface area contributed by atoms with E-state index in [2.05, 4.69) is 45.3 Å². The number of hydrogen-bond donors (Lipinski definition) is 2. The fraction of sp³-hybridized carbons (Fsp3) is 1.00. The fourth-order valence-electron chi connectivity index (χ4n) is 4.34. The van der Waals surface area contributed by atoms with Gasteiger partial charge in [0.15, 0.2) is 0 Å². The Morgan fingerprint density at radius 2 is 1.72 bits per heavy atom. The first kappa shape index (κ1) is 14.3. The summed E-state index contributed by atoms with van der Waals surface area (Å²) in [5.41, 5.74) is 0.312. The average molecular weight is 254 g/mol. The van der Waals surface area contributed by atoms with E-state index in [4.69, 9.17) is 4.74 Å². The maximum atomic E-state index is 6.34. The maximum absolute atomic E-state index is 6.34. The van der Waals surface area contributed by atoms with Gasteiger partial charge in [0.2, 0.25) is 0 Å². The van der Waals surface area contributed by atoms with Gasteiger partial charge in [0.25, 0.3) is 0 Å². The van der Waals surface area contributed by atoms with Gasteiger partial charge >= 0.3 is 0 Å². The van der Waals surface area contributed by atoms with Crippen LogP contribution in [0.1, 0.15) is 60.3 Å². The molecule has 0 aliphatic carbocycles. The standard InChI is InChI=1S/C15H30N2O/c1-6-7-12-15(18-9-8-16-12)10-13(2,3)17-14(4,5)11-15/h12,16-17H,6-11H2,1-5H3. The summed E-state index contributed by atoms with van der Waals surface area (Å²) in [6, 6.07) is 0.511.